The van der Waals surface area contributed by atoms with Gasteiger partial charge in [0.25, 0.3) is 0 Å². The van der Waals surface area contributed by atoms with Gasteiger partial charge in [0.2, 0.25) is 5.75 Å². The molecule has 0 aliphatic heterocycles. The molecule has 0 fully saturated rings. The highest BCUT2D eigenvalue weighted by Crippen LogP contribution is 2.39. The van der Waals surface area contributed by atoms with E-state index in [0.29, 0.717) is 22.7 Å². The van der Waals surface area contributed by atoms with Crippen LogP contribution in [-0.2, 0) is 0 Å². The standard InChI is InChI=1S/C13H10O5/c1-15-9-6-17-12-8(9)5-7-3-4-10(14)18-11(7)13(12)16-2/h3-6H,1-2H3. The summed E-state index contributed by atoms with van der Waals surface area (Å²) in [5.41, 5.74) is 0.435. The van der Waals surface area contributed by atoms with Gasteiger partial charge in [0.15, 0.2) is 16.9 Å². The number of benzene rings is 1. The van der Waals surface area contributed by atoms with E-state index in [9.17, 15) is 4.79 Å². The summed E-state index contributed by atoms with van der Waals surface area (Å²) < 4.78 is 21.0. The van der Waals surface area contributed by atoms with E-state index >= 15 is 0 Å². The van der Waals surface area contributed by atoms with Crippen LogP contribution in [0.25, 0.3) is 21.9 Å². The minimum absolute atomic E-state index is 0.370. The summed E-state index contributed by atoms with van der Waals surface area (Å²) in [4.78, 5) is 11.3. The molecule has 0 bridgehead atoms. The molecule has 2 aromatic heterocycles. The van der Waals surface area contributed by atoms with Crippen molar-refractivity contribution in [2.75, 3.05) is 14.2 Å². The molecule has 0 N–H and O–H groups in total. The lowest BCUT2D eigenvalue weighted by Gasteiger charge is -2.04. The number of furan rings is 1. The molecule has 0 spiro atoms. The lowest BCUT2D eigenvalue weighted by atomic mass is 10.1. The van der Waals surface area contributed by atoms with Gasteiger partial charge in [0.1, 0.15) is 6.26 Å². The van der Waals surface area contributed by atoms with Gasteiger partial charge in [-0.25, -0.2) is 4.79 Å². The zero-order chi connectivity index (χ0) is 12.7. The Kier molecular flexibility index (Phi) is 2.26. The third-order valence-corrected chi connectivity index (χ3v) is 2.79. The number of hydrogen-bond donors (Lipinski definition) is 0. The Labute approximate surface area is 102 Å². The van der Waals surface area contributed by atoms with Crippen molar-refractivity contribution < 1.29 is 18.3 Å². The second kappa shape index (κ2) is 3.80. The van der Waals surface area contributed by atoms with Crippen LogP contribution in [0.5, 0.6) is 11.5 Å². The maximum atomic E-state index is 11.3. The Hall–Kier alpha value is -2.43. The normalized spacial score (nSPS) is 11.0. The van der Waals surface area contributed by atoms with Crippen LogP contribution in [0.2, 0.25) is 0 Å². The van der Waals surface area contributed by atoms with Crippen LogP contribution in [0.15, 0.2) is 38.1 Å². The molecule has 1 aromatic carbocycles. The zero-order valence-electron chi connectivity index (χ0n) is 9.85. The van der Waals surface area contributed by atoms with E-state index in [-0.39, 0.29) is 0 Å². The molecular weight excluding hydrogens is 236 g/mol. The SMILES string of the molecule is COc1coc2c(OC)c3oc(=O)ccc3cc12. The summed E-state index contributed by atoms with van der Waals surface area (Å²) in [6.07, 6.45) is 1.49. The molecular formula is C13H10O5. The van der Waals surface area contributed by atoms with Crippen molar-refractivity contribution in [3.8, 4) is 11.5 Å². The van der Waals surface area contributed by atoms with E-state index in [1.165, 1.54) is 19.4 Å². The molecule has 0 saturated carbocycles. The van der Waals surface area contributed by atoms with Gasteiger partial charge in [-0.1, -0.05) is 0 Å². The maximum absolute atomic E-state index is 11.3. The van der Waals surface area contributed by atoms with Crippen LogP contribution in [-0.4, -0.2) is 14.2 Å². The lowest BCUT2D eigenvalue weighted by Crippen LogP contribution is -1.96. The summed E-state index contributed by atoms with van der Waals surface area (Å²) in [5.74, 6) is 1.000. The highest BCUT2D eigenvalue weighted by atomic mass is 16.5. The van der Waals surface area contributed by atoms with Gasteiger partial charge in [-0.15, -0.1) is 0 Å². The van der Waals surface area contributed by atoms with Crippen molar-refractivity contribution in [3.05, 3.63) is 34.9 Å². The first-order chi connectivity index (χ1) is 8.74. The highest BCUT2D eigenvalue weighted by molar-refractivity contribution is 6.02. The van der Waals surface area contributed by atoms with Crippen LogP contribution in [0.3, 0.4) is 0 Å². The van der Waals surface area contributed by atoms with Gasteiger partial charge in [-0.2, -0.15) is 0 Å². The quantitative estimate of drug-likeness (QED) is 0.650. The monoisotopic (exact) mass is 246 g/mol. The van der Waals surface area contributed by atoms with E-state index in [4.69, 9.17) is 18.3 Å². The molecule has 3 rings (SSSR count). The molecule has 0 amide bonds. The van der Waals surface area contributed by atoms with Gasteiger partial charge >= 0.3 is 5.63 Å². The van der Waals surface area contributed by atoms with Crippen molar-refractivity contribution >= 4 is 21.9 Å². The van der Waals surface area contributed by atoms with E-state index < -0.39 is 5.63 Å². The Bertz CT molecular complexity index is 781. The topological polar surface area (TPSA) is 61.8 Å². The molecule has 92 valence electrons. The van der Waals surface area contributed by atoms with E-state index in [2.05, 4.69) is 0 Å². The fraction of sp³-hybridized carbons (Fsp3) is 0.154. The van der Waals surface area contributed by atoms with Crippen LogP contribution >= 0.6 is 0 Å². The number of methoxy groups -OCH3 is 2. The Morgan fingerprint density at radius 1 is 1.11 bits per heavy atom. The van der Waals surface area contributed by atoms with E-state index in [0.717, 1.165) is 10.8 Å². The van der Waals surface area contributed by atoms with Crippen molar-refractivity contribution in [1.29, 1.82) is 0 Å². The fourth-order valence-electron chi connectivity index (χ4n) is 1.98. The van der Waals surface area contributed by atoms with E-state index in [1.54, 1.807) is 13.2 Å². The first kappa shape index (κ1) is 10.7. The predicted octanol–water partition coefficient (Wildman–Crippen LogP) is 2.56. The third-order valence-electron chi connectivity index (χ3n) is 2.79. The molecule has 0 unspecified atom stereocenters. The second-order valence-corrected chi connectivity index (χ2v) is 3.76. The zero-order valence-corrected chi connectivity index (χ0v) is 9.85. The molecule has 18 heavy (non-hydrogen) atoms. The van der Waals surface area contributed by atoms with Crippen LogP contribution in [0.4, 0.5) is 0 Å². The van der Waals surface area contributed by atoms with Gasteiger partial charge in [-0.05, 0) is 12.1 Å². The number of ether oxygens (including phenoxy) is 2. The second-order valence-electron chi connectivity index (χ2n) is 3.76. The first-order valence-corrected chi connectivity index (χ1v) is 5.30. The molecule has 0 aliphatic rings. The average molecular weight is 246 g/mol. The molecule has 0 atom stereocenters. The van der Waals surface area contributed by atoms with Gasteiger partial charge in [-0.3, -0.25) is 0 Å². The predicted molar refractivity (Wildman–Crippen MR) is 65.4 cm³/mol. The summed E-state index contributed by atoms with van der Waals surface area (Å²) in [5, 5.41) is 1.52. The molecule has 0 radical (unpaired) electrons. The minimum Gasteiger partial charge on any atom is -0.493 e. The highest BCUT2D eigenvalue weighted by Gasteiger charge is 2.17. The van der Waals surface area contributed by atoms with Crippen molar-refractivity contribution in [1.82, 2.24) is 0 Å². The number of hydrogen-bond acceptors (Lipinski definition) is 5. The van der Waals surface area contributed by atoms with Crippen LogP contribution in [0.1, 0.15) is 0 Å². The molecule has 0 aliphatic carbocycles. The molecule has 0 saturated heterocycles. The fourth-order valence-corrected chi connectivity index (χ4v) is 1.98. The molecule has 2 heterocycles. The van der Waals surface area contributed by atoms with E-state index in [1.807, 2.05) is 6.07 Å². The largest absolute Gasteiger partial charge is 0.493 e. The van der Waals surface area contributed by atoms with Crippen LogP contribution in [0, 0.1) is 0 Å². The van der Waals surface area contributed by atoms with Crippen molar-refractivity contribution in [3.63, 3.8) is 0 Å². The summed E-state index contributed by atoms with van der Waals surface area (Å²) in [6, 6.07) is 4.87. The summed E-state index contributed by atoms with van der Waals surface area (Å²) in [7, 11) is 3.06. The lowest BCUT2D eigenvalue weighted by molar-refractivity contribution is 0.399. The van der Waals surface area contributed by atoms with Crippen molar-refractivity contribution in [2.24, 2.45) is 0 Å². The Balaban J connectivity index is 2.53. The number of rotatable bonds is 2. The van der Waals surface area contributed by atoms with Gasteiger partial charge in [0, 0.05) is 11.5 Å². The summed E-state index contributed by atoms with van der Waals surface area (Å²) >= 11 is 0. The third kappa shape index (κ3) is 1.37. The molecule has 3 aromatic rings. The van der Waals surface area contributed by atoms with Crippen molar-refractivity contribution in [2.45, 2.75) is 0 Å². The Morgan fingerprint density at radius 2 is 1.94 bits per heavy atom. The minimum atomic E-state index is -0.432. The Morgan fingerprint density at radius 3 is 2.67 bits per heavy atom. The maximum Gasteiger partial charge on any atom is 0.336 e. The van der Waals surface area contributed by atoms with Crippen LogP contribution < -0.4 is 15.1 Å². The van der Waals surface area contributed by atoms with Gasteiger partial charge in [0.05, 0.1) is 19.6 Å². The molecule has 5 nitrogen and oxygen atoms in total. The first-order valence-electron chi connectivity index (χ1n) is 5.30. The smallest absolute Gasteiger partial charge is 0.336 e. The summed E-state index contributed by atoms with van der Waals surface area (Å²) in [6.45, 7) is 0. The van der Waals surface area contributed by atoms with Gasteiger partial charge < -0.3 is 18.3 Å². The number of fused-ring (bicyclic) bond motifs is 2. The average Bonchev–Trinajstić information content (AvgIpc) is 2.78. The molecule has 5 heteroatoms.